The third-order valence-electron chi connectivity index (χ3n) is 4.64. The van der Waals surface area contributed by atoms with Crippen molar-refractivity contribution in [2.45, 2.75) is 19.4 Å². The van der Waals surface area contributed by atoms with Crippen LogP contribution in [0.2, 0.25) is 10.0 Å². The molecule has 2 aliphatic heterocycles. The number of nitrogens with one attached hydrogen (secondary N) is 3. The number of nitrogens with zero attached hydrogens (tertiary/aromatic N) is 1. The van der Waals surface area contributed by atoms with Crippen LogP contribution in [0.5, 0.6) is 0 Å². The van der Waals surface area contributed by atoms with E-state index < -0.39 is 29.5 Å². The van der Waals surface area contributed by atoms with Crippen molar-refractivity contribution in [1.82, 2.24) is 20.9 Å². The van der Waals surface area contributed by atoms with Crippen LogP contribution < -0.4 is 16.0 Å². The van der Waals surface area contributed by atoms with Crippen molar-refractivity contribution in [2.24, 2.45) is 0 Å². The number of halogens is 2. The van der Waals surface area contributed by atoms with Crippen molar-refractivity contribution in [3.8, 4) is 0 Å². The highest BCUT2D eigenvalue weighted by molar-refractivity contribution is 6.35. The summed E-state index contributed by atoms with van der Waals surface area (Å²) in [4.78, 5) is 50.5. The zero-order chi connectivity index (χ0) is 21.3. The maximum atomic E-state index is 13.1. The van der Waals surface area contributed by atoms with Gasteiger partial charge < -0.3 is 20.7 Å². The van der Waals surface area contributed by atoms with E-state index in [4.69, 9.17) is 27.9 Å². The van der Waals surface area contributed by atoms with Crippen molar-refractivity contribution < 1.29 is 23.9 Å². The Kier molecular flexibility index (Phi) is 5.72. The van der Waals surface area contributed by atoms with E-state index >= 15 is 0 Å². The lowest BCUT2D eigenvalue weighted by Crippen LogP contribution is -2.48. The highest BCUT2D eigenvalue weighted by Gasteiger charge is 2.50. The first kappa shape index (κ1) is 20.9. The maximum absolute atomic E-state index is 13.1. The molecule has 2 aliphatic rings. The van der Waals surface area contributed by atoms with Crippen LogP contribution in [0.3, 0.4) is 0 Å². The molecule has 0 saturated carbocycles. The Bertz CT molecular complexity index is 948. The number of amides is 5. The van der Waals surface area contributed by atoms with E-state index in [0.29, 0.717) is 10.6 Å². The van der Waals surface area contributed by atoms with Crippen molar-refractivity contribution in [3.63, 3.8) is 0 Å². The summed E-state index contributed by atoms with van der Waals surface area (Å²) in [5.74, 6) is -1.24. The van der Waals surface area contributed by atoms with Crippen molar-refractivity contribution >= 4 is 47.1 Å². The highest BCUT2D eigenvalue weighted by Crippen LogP contribution is 2.35. The van der Waals surface area contributed by atoms with Gasteiger partial charge in [0.05, 0.1) is 31.0 Å². The molecule has 9 nitrogen and oxygen atoms in total. The molecule has 0 aromatic heterocycles. The van der Waals surface area contributed by atoms with Crippen LogP contribution in [0.25, 0.3) is 0 Å². The van der Waals surface area contributed by atoms with Crippen molar-refractivity contribution in [3.05, 3.63) is 45.1 Å². The SMILES string of the molecule is CCOC(=O)C1=C(CN2C(=O)NC(C)(c3ccc(Cl)cc3Cl)C2=O)NC(=O)NC1. The maximum Gasteiger partial charge on any atom is 0.337 e. The number of rotatable bonds is 5. The number of hydrogen-bond donors (Lipinski definition) is 3. The summed E-state index contributed by atoms with van der Waals surface area (Å²) in [7, 11) is 0. The highest BCUT2D eigenvalue weighted by atomic mass is 35.5. The van der Waals surface area contributed by atoms with Crippen LogP contribution in [0, 0.1) is 0 Å². The zero-order valence-corrected chi connectivity index (χ0v) is 17.1. The summed E-state index contributed by atoms with van der Waals surface area (Å²) in [5, 5.41) is 8.16. The summed E-state index contributed by atoms with van der Waals surface area (Å²) in [6.07, 6.45) is 0. The van der Waals surface area contributed by atoms with Crippen LogP contribution in [0.15, 0.2) is 29.5 Å². The molecule has 1 fully saturated rings. The second kappa shape index (κ2) is 7.92. The zero-order valence-electron chi connectivity index (χ0n) is 15.6. The van der Waals surface area contributed by atoms with Crippen LogP contribution >= 0.6 is 23.2 Å². The fourth-order valence-corrected chi connectivity index (χ4v) is 3.75. The predicted molar refractivity (Wildman–Crippen MR) is 104 cm³/mol. The van der Waals surface area contributed by atoms with E-state index in [1.807, 2.05) is 0 Å². The number of carbonyl (C=O) groups is 4. The molecule has 1 atom stereocenters. The van der Waals surface area contributed by atoms with Gasteiger partial charge in [-0.25, -0.2) is 14.4 Å². The molecule has 0 radical (unpaired) electrons. The minimum Gasteiger partial charge on any atom is -0.463 e. The predicted octanol–water partition coefficient (Wildman–Crippen LogP) is 1.89. The van der Waals surface area contributed by atoms with E-state index in [1.54, 1.807) is 19.1 Å². The molecule has 29 heavy (non-hydrogen) atoms. The van der Waals surface area contributed by atoms with Crippen LogP contribution in [0.1, 0.15) is 19.4 Å². The average molecular weight is 441 g/mol. The van der Waals surface area contributed by atoms with E-state index in [2.05, 4.69) is 16.0 Å². The molecule has 2 heterocycles. The molecule has 154 valence electrons. The fraction of sp³-hybridized carbons (Fsp3) is 0.333. The Balaban J connectivity index is 1.93. The Labute approximate surface area is 176 Å². The quantitative estimate of drug-likeness (QED) is 0.477. The van der Waals surface area contributed by atoms with Gasteiger partial charge in [0.2, 0.25) is 0 Å². The number of hydrogen-bond acceptors (Lipinski definition) is 5. The third kappa shape index (κ3) is 3.88. The third-order valence-corrected chi connectivity index (χ3v) is 5.19. The van der Waals surface area contributed by atoms with Crippen LogP contribution in [-0.2, 0) is 19.9 Å². The number of ether oxygens (including phenoxy) is 1. The number of carbonyl (C=O) groups excluding carboxylic acids is 4. The summed E-state index contributed by atoms with van der Waals surface area (Å²) in [6.45, 7) is 2.91. The first-order valence-corrected chi connectivity index (χ1v) is 9.46. The molecular weight excluding hydrogens is 423 g/mol. The minimum absolute atomic E-state index is 0.0794. The lowest BCUT2D eigenvalue weighted by molar-refractivity contribution is -0.139. The van der Waals surface area contributed by atoms with Crippen molar-refractivity contribution in [1.29, 1.82) is 0 Å². The topological polar surface area (TPSA) is 117 Å². The summed E-state index contributed by atoms with van der Waals surface area (Å²) in [6, 6.07) is 3.35. The molecule has 1 aromatic carbocycles. The standard InChI is InChI=1S/C18H18Cl2N4O5/c1-3-29-14(25)10-7-21-16(27)22-13(10)8-24-15(26)18(2,23-17(24)28)11-5-4-9(19)6-12(11)20/h4-6H,3,7-8H2,1-2H3,(H,23,28)(H2,21,22,27). The van der Waals surface area contributed by atoms with E-state index in [-0.39, 0.29) is 36.0 Å². The molecule has 0 spiro atoms. The number of urea groups is 2. The molecular formula is C18H18Cl2N4O5. The average Bonchev–Trinajstić information content (AvgIpc) is 2.85. The Morgan fingerprint density at radius 1 is 1.28 bits per heavy atom. The van der Waals surface area contributed by atoms with Gasteiger partial charge in [-0.3, -0.25) is 9.69 Å². The van der Waals surface area contributed by atoms with Gasteiger partial charge in [-0.1, -0.05) is 29.3 Å². The van der Waals surface area contributed by atoms with Gasteiger partial charge in [0.25, 0.3) is 5.91 Å². The van der Waals surface area contributed by atoms with E-state index in [9.17, 15) is 19.2 Å². The molecule has 0 aliphatic carbocycles. The second-order valence-electron chi connectivity index (χ2n) is 6.56. The molecule has 5 amide bonds. The fourth-order valence-electron chi connectivity index (χ4n) is 3.16. The molecule has 3 N–H and O–H groups in total. The smallest absolute Gasteiger partial charge is 0.337 e. The van der Waals surface area contributed by atoms with Gasteiger partial charge in [0.1, 0.15) is 5.54 Å². The first-order chi connectivity index (χ1) is 13.7. The summed E-state index contributed by atoms with van der Waals surface area (Å²) in [5.41, 5.74) is -0.814. The second-order valence-corrected chi connectivity index (χ2v) is 7.40. The minimum atomic E-state index is -1.43. The molecule has 1 aromatic rings. The largest absolute Gasteiger partial charge is 0.463 e. The molecule has 1 saturated heterocycles. The first-order valence-electron chi connectivity index (χ1n) is 8.71. The molecule has 3 rings (SSSR count). The monoisotopic (exact) mass is 440 g/mol. The van der Waals surface area contributed by atoms with Gasteiger partial charge in [-0.15, -0.1) is 0 Å². The van der Waals surface area contributed by atoms with Gasteiger partial charge in [0.15, 0.2) is 0 Å². The Morgan fingerprint density at radius 2 is 2.00 bits per heavy atom. The summed E-state index contributed by atoms with van der Waals surface area (Å²) >= 11 is 12.1. The van der Waals surface area contributed by atoms with E-state index in [0.717, 1.165) is 4.90 Å². The van der Waals surface area contributed by atoms with E-state index in [1.165, 1.54) is 13.0 Å². The van der Waals surface area contributed by atoms with Gasteiger partial charge in [0, 0.05) is 15.6 Å². The van der Waals surface area contributed by atoms with Crippen LogP contribution in [0.4, 0.5) is 9.59 Å². The normalized spacial score (nSPS) is 21.7. The van der Waals surface area contributed by atoms with Gasteiger partial charge in [-0.05, 0) is 26.0 Å². The lowest BCUT2D eigenvalue weighted by atomic mass is 9.92. The number of imide groups is 1. The Morgan fingerprint density at radius 3 is 2.66 bits per heavy atom. The molecule has 0 bridgehead atoms. The summed E-state index contributed by atoms with van der Waals surface area (Å²) < 4.78 is 4.98. The van der Waals surface area contributed by atoms with Gasteiger partial charge >= 0.3 is 18.0 Å². The molecule has 11 heteroatoms. The molecule has 1 unspecified atom stereocenters. The van der Waals surface area contributed by atoms with Crippen molar-refractivity contribution in [2.75, 3.05) is 19.7 Å². The van der Waals surface area contributed by atoms with Crippen LogP contribution in [-0.4, -0.2) is 48.5 Å². The van der Waals surface area contributed by atoms with Gasteiger partial charge in [-0.2, -0.15) is 0 Å². The number of benzene rings is 1. The lowest BCUT2D eigenvalue weighted by Gasteiger charge is -2.25. The number of esters is 1. The Hall–Kier alpha value is -2.78.